The second-order valence-electron chi connectivity index (χ2n) is 5.57. The average molecular weight is 245 g/mol. The molecule has 0 unspecified atom stereocenters. The number of imidazole rings is 1. The van der Waals surface area contributed by atoms with Crippen LogP contribution >= 0.6 is 0 Å². The Bertz CT molecular complexity index is 677. The van der Waals surface area contributed by atoms with Gasteiger partial charge in [-0.1, -0.05) is 6.07 Å². The Balaban J connectivity index is 1.88. The van der Waals surface area contributed by atoms with Crippen LogP contribution in [0.1, 0.15) is 18.4 Å². The number of ether oxygens (including phenoxy) is 1. The van der Waals surface area contributed by atoms with Crippen LogP contribution in [0.5, 0.6) is 0 Å². The van der Waals surface area contributed by atoms with Gasteiger partial charge in [0.15, 0.2) is 0 Å². The minimum Gasteiger partial charge on any atom is -0.379 e. The van der Waals surface area contributed by atoms with Gasteiger partial charge >= 0.3 is 5.69 Å². The maximum atomic E-state index is 11.3. The SMILES string of the molecule is NC1(C2(c3ccc4[nH]c(=O)[nH]c4c3)COC2)CC1. The van der Waals surface area contributed by atoms with E-state index in [1.807, 2.05) is 12.1 Å². The number of rotatable bonds is 2. The normalized spacial score (nSPS) is 23.8. The molecule has 0 spiro atoms. The molecule has 1 aromatic carbocycles. The first kappa shape index (κ1) is 10.3. The van der Waals surface area contributed by atoms with Crippen LogP contribution in [0.2, 0.25) is 0 Å². The molecule has 5 nitrogen and oxygen atoms in total. The molecule has 1 aliphatic heterocycles. The first-order valence-corrected chi connectivity index (χ1v) is 6.22. The van der Waals surface area contributed by atoms with Crippen LogP contribution in [0.25, 0.3) is 11.0 Å². The second kappa shape index (κ2) is 3.05. The summed E-state index contributed by atoms with van der Waals surface area (Å²) in [7, 11) is 0. The van der Waals surface area contributed by atoms with E-state index >= 15 is 0 Å². The Labute approximate surface area is 103 Å². The molecule has 1 aromatic heterocycles. The van der Waals surface area contributed by atoms with Gasteiger partial charge in [0.2, 0.25) is 0 Å². The highest BCUT2D eigenvalue weighted by Crippen LogP contribution is 2.53. The van der Waals surface area contributed by atoms with Crippen LogP contribution in [0.15, 0.2) is 23.0 Å². The zero-order valence-corrected chi connectivity index (χ0v) is 9.95. The lowest BCUT2D eigenvalue weighted by Crippen LogP contribution is -2.60. The average Bonchev–Trinajstić information content (AvgIpc) is 2.88. The lowest BCUT2D eigenvalue weighted by molar-refractivity contribution is -0.0785. The number of fused-ring (bicyclic) bond motifs is 1. The van der Waals surface area contributed by atoms with Crippen molar-refractivity contribution in [1.82, 2.24) is 9.97 Å². The molecule has 0 radical (unpaired) electrons. The third kappa shape index (κ3) is 1.15. The maximum absolute atomic E-state index is 11.3. The molecule has 1 aliphatic carbocycles. The highest BCUT2D eigenvalue weighted by atomic mass is 16.5. The lowest BCUT2D eigenvalue weighted by atomic mass is 9.70. The minimum atomic E-state index is -0.171. The summed E-state index contributed by atoms with van der Waals surface area (Å²) >= 11 is 0. The molecule has 2 heterocycles. The summed E-state index contributed by atoms with van der Waals surface area (Å²) in [6.45, 7) is 1.37. The van der Waals surface area contributed by atoms with E-state index in [0.717, 1.165) is 23.9 Å². The summed E-state index contributed by atoms with van der Waals surface area (Å²) in [6, 6.07) is 6.03. The predicted octanol–water partition coefficient (Wildman–Crippen LogP) is 0.615. The van der Waals surface area contributed by atoms with Gasteiger partial charge in [-0.3, -0.25) is 0 Å². The number of benzene rings is 1. The summed E-state index contributed by atoms with van der Waals surface area (Å²) in [4.78, 5) is 16.8. The Kier molecular flexibility index (Phi) is 1.75. The van der Waals surface area contributed by atoms with Crippen molar-refractivity contribution in [1.29, 1.82) is 0 Å². The number of nitrogens with one attached hydrogen (secondary N) is 2. The second-order valence-corrected chi connectivity index (χ2v) is 5.57. The van der Waals surface area contributed by atoms with E-state index in [1.54, 1.807) is 0 Å². The van der Waals surface area contributed by atoms with Gasteiger partial charge < -0.3 is 20.4 Å². The molecule has 18 heavy (non-hydrogen) atoms. The molecule has 2 fully saturated rings. The van der Waals surface area contributed by atoms with E-state index in [0.29, 0.717) is 13.2 Å². The molecule has 5 heteroatoms. The maximum Gasteiger partial charge on any atom is 0.323 e. The van der Waals surface area contributed by atoms with Crippen molar-refractivity contribution in [2.45, 2.75) is 23.8 Å². The van der Waals surface area contributed by atoms with Crippen molar-refractivity contribution >= 4 is 11.0 Å². The zero-order valence-electron chi connectivity index (χ0n) is 9.95. The van der Waals surface area contributed by atoms with Gasteiger partial charge in [0, 0.05) is 5.54 Å². The molecular weight excluding hydrogens is 230 g/mol. The smallest absolute Gasteiger partial charge is 0.323 e. The molecule has 4 N–H and O–H groups in total. The summed E-state index contributed by atoms with van der Waals surface area (Å²) < 4.78 is 5.42. The van der Waals surface area contributed by atoms with E-state index in [9.17, 15) is 4.79 Å². The Morgan fingerprint density at radius 3 is 2.50 bits per heavy atom. The fraction of sp³-hybridized carbons (Fsp3) is 0.462. The Hall–Kier alpha value is -1.59. The van der Waals surface area contributed by atoms with E-state index in [1.165, 1.54) is 5.56 Å². The van der Waals surface area contributed by atoms with Crippen molar-refractivity contribution < 1.29 is 4.74 Å². The van der Waals surface area contributed by atoms with Crippen LogP contribution < -0.4 is 11.4 Å². The van der Waals surface area contributed by atoms with Crippen molar-refractivity contribution in [3.05, 3.63) is 34.2 Å². The molecule has 0 amide bonds. The van der Waals surface area contributed by atoms with Gasteiger partial charge in [0.25, 0.3) is 0 Å². The van der Waals surface area contributed by atoms with Gasteiger partial charge in [-0.05, 0) is 30.5 Å². The van der Waals surface area contributed by atoms with Crippen molar-refractivity contribution in [2.75, 3.05) is 13.2 Å². The van der Waals surface area contributed by atoms with E-state index in [-0.39, 0.29) is 16.6 Å². The van der Waals surface area contributed by atoms with Crippen LogP contribution in [0, 0.1) is 0 Å². The highest BCUT2D eigenvalue weighted by Gasteiger charge is 2.61. The predicted molar refractivity (Wildman–Crippen MR) is 67.6 cm³/mol. The monoisotopic (exact) mass is 245 g/mol. The Morgan fingerprint density at radius 1 is 1.17 bits per heavy atom. The standard InChI is InChI=1S/C13H15N3O2/c14-13(3-4-13)12(6-18-7-12)8-1-2-9-10(5-8)16-11(17)15-9/h1-2,5H,3-4,6-7,14H2,(H2,15,16,17). The van der Waals surface area contributed by atoms with Crippen molar-refractivity contribution in [3.63, 3.8) is 0 Å². The van der Waals surface area contributed by atoms with Gasteiger partial charge in [-0.25, -0.2) is 4.79 Å². The van der Waals surface area contributed by atoms with Crippen LogP contribution in [0.4, 0.5) is 0 Å². The summed E-state index contributed by atoms with van der Waals surface area (Å²) in [5.41, 5.74) is 8.91. The Morgan fingerprint density at radius 2 is 1.89 bits per heavy atom. The lowest BCUT2D eigenvalue weighted by Gasteiger charge is -2.47. The summed E-state index contributed by atoms with van der Waals surface area (Å²) in [5, 5.41) is 0. The highest BCUT2D eigenvalue weighted by molar-refractivity contribution is 5.75. The van der Waals surface area contributed by atoms with Gasteiger partial charge in [-0.15, -0.1) is 0 Å². The number of nitrogens with two attached hydrogens (primary N) is 1. The van der Waals surface area contributed by atoms with Gasteiger partial charge in [0.1, 0.15) is 0 Å². The topological polar surface area (TPSA) is 83.9 Å². The molecule has 2 aromatic rings. The minimum absolute atomic E-state index is 0.0602. The number of aromatic nitrogens is 2. The largest absolute Gasteiger partial charge is 0.379 e. The molecule has 1 saturated heterocycles. The molecule has 4 rings (SSSR count). The van der Waals surface area contributed by atoms with Crippen LogP contribution in [-0.2, 0) is 10.2 Å². The van der Waals surface area contributed by atoms with E-state index < -0.39 is 0 Å². The first-order valence-electron chi connectivity index (χ1n) is 6.22. The number of hydrogen-bond donors (Lipinski definition) is 3. The number of aromatic amines is 2. The summed E-state index contributed by atoms with van der Waals surface area (Å²) in [6.07, 6.45) is 2.11. The third-order valence-electron chi connectivity index (χ3n) is 4.51. The zero-order chi connectivity index (χ0) is 12.4. The van der Waals surface area contributed by atoms with E-state index in [4.69, 9.17) is 10.5 Å². The van der Waals surface area contributed by atoms with Crippen LogP contribution in [-0.4, -0.2) is 28.7 Å². The quantitative estimate of drug-likeness (QED) is 0.725. The van der Waals surface area contributed by atoms with Crippen molar-refractivity contribution in [3.8, 4) is 0 Å². The molecule has 94 valence electrons. The third-order valence-corrected chi connectivity index (χ3v) is 4.51. The number of H-pyrrole nitrogens is 2. The van der Waals surface area contributed by atoms with Crippen molar-refractivity contribution in [2.24, 2.45) is 5.73 Å². The molecule has 0 atom stereocenters. The summed E-state index contributed by atoms with van der Waals surface area (Å²) in [5.74, 6) is 0. The fourth-order valence-corrected chi connectivity index (χ4v) is 2.99. The molecular formula is C13H15N3O2. The number of hydrogen-bond acceptors (Lipinski definition) is 3. The van der Waals surface area contributed by atoms with E-state index in [2.05, 4.69) is 16.0 Å². The molecule has 0 bridgehead atoms. The van der Waals surface area contributed by atoms with Crippen LogP contribution in [0.3, 0.4) is 0 Å². The van der Waals surface area contributed by atoms with Gasteiger partial charge in [0.05, 0.1) is 29.7 Å². The first-order chi connectivity index (χ1) is 8.63. The van der Waals surface area contributed by atoms with Gasteiger partial charge in [-0.2, -0.15) is 0 Å². The fourth-order valence-electron chi connectivity index (χ4n) is 2.99. The molecule has 2 aliphatic rings. The molecule has 1 saturated carbocycles.